The van der Waals surface area contributed by atoms with Gasteiger partial charge in [-0.05, 0) is 51.3 Å². The Morgan fingerprint density at radius 2 is 1.74 bits per heavy atom. The third-order valence-electron chi connectivity index (χ3n) is 6.93. The predicted octanol–water partition coefficient (Wildman–Crippen LogP) is 3.65. The number of morpholine rings is 1. The van der Waals surface area contributed by atoms with Crippen LogP contribution in [0.25, 0.3) is 0 Å². The van der Waals surface area contributed by atoms with Gasteiger partial charge >= 0.3 is 0 Å². The molecule has 182 valence electrons. The van der Waals surface area contributed by atoms with Crippen LogP contribution in [0.15, 0.2) is 42.5 Å². The fourth-order valence-electron chi connectivity index (χ4n) is 5.22. The van der Waals surface area contributed by atoms with E-state index >= 15 is 0 Å². The monoisotopic (exact) mass is 463 g/mol. The number of aryl methyl sites for hydroxylation is 3. The molecule has 0 radical (unpaired) electrons. The number of benzene rings is 2. The van der Waals surface area contributed by atoms with Crippen LogP contribution in [0.5, 0.6) is 0 Å². The van der Waals surface area contributed by atoms with Gasteiger partial charge in [-0.1, -0.05) is 47.0 Å². The number of ether oxygens (including phenoxy) is 1. The quantitative estimate of drug-likeness (QED) is 0.710. The lowest BCUT2D eigenvalue weighted by atomic mass is 9.95. The van der Waals surface area contributed by atoms with E-state index in [4.69, 9.17) is 4.74 Å². The molecule has 0 aromatic heterocycles. The zero-order valence-corrected chi connectivity index (χ0v) is 20.7. The van der Waals surface area contributed by atoms with Gasteiger partial charge in [-0.15, -0.1) is 0 Å². The molecule has 2 aromatic carbocycles. The Hall–Kier alpha value is -2.70. The maximum Gasteiger partial charge on any atom is 0.253 e. The number of carbonyl (C=O) groups excluding carboxylic acids is 2. The van der Waals surface area contributed by atoms with E-state index in [9.17, 15) is 9.59 Å². The number of nitrogens with one attached hydrogen (secondary N) is 1. The highest BCUT2D eigenvalue weighted by Gasteiger charge is 2.30. The van der Waals surface area contributed by atoms with Crippen LogP contribution in [-0.2, 0) is 9.53 Å². The van der Waals surface area contributed by atoms with Gasteiger partial charge < -0.3 is 15.0 Å². The van der Waals surface area contributed by atoms with Crippen molar-refractivity contribution in [2.45, 2.75) is 39.7 Å². The molecule has 0 saturated carbocycles. The molecular weight excluding hydrogens is 426 g/mol. The lowest BCUT2D eigenvalue weighted by Crippen LogP contribution is -2.48. The molecule has 2 unspecified atom stereocenters. The summed E-state index contributed by atoms with van der Waals surface area (Å²) in [5, 5.41) is 3.23. The standard InChI is InChI=1S/C28H37N3O3/c1-20-6-4-7-23(15-20)26(30-10-12-34-13-11-30)18-29-27(32)24-8-5-9-31(19-24)28(33)25-16-21(2)14-22(3)17-25/h4,6-7,14-17,24,26H,5,8-13,18-19H2,1-3H3,(H,29,32). The number of nitrogens with zero attached hydrogens (tertiary/aromatic N) is 2. The molecule has 34 heavy (non-hydrogen) atoms. The van der Waals surface area contributed by atoms with Crippen molar-refractivity contribution in [3.05, 3.63) is 70.3 Å². The van der Waals surface area contributed by atoms with Crippen LogP contribution >= 0.6 is 0 Å². The highest BCUT2D eigenvalue weighted by molar-refractivity contribution is 5.95. The highest BCUT2D eigenvalue weighted by Crippen LogP contribution is 2.24. The maximum absolute atomic E-state index is 13.2. The molecule has 2 heterocycles. The van der Waals surface area contributed by atoms with E-state index in [-0.39, 0.29) is 23.8 Å². The van der Waals surface area contributed by atoms with Crippen LogP contribution in [0.4, 0.5) is 0 Å². The molecule has 2 amide bonds. The first kappa shape index (κ1) is 24.4. The van der Waals surface area contributed by atoms with Gasteiger partial charge in [-0.3, -0.25) is 14.5 Å². The molecule has 0 aliphatic carbocycles. The summed E-state index contributed by atoms with van der Waals surface area (Å²) in [7, 11) is 0. The van der Waals surface area contributed by atoms with Crippen LogP contribution in [0.2, 0.25) is 0 Å². The zero-order chi connectivity index (χ0) is 24.1. The fourth-order valence-corrected chi connectivity index (χ4v) is 5.22. The smallest absolute Gasteiger partial charge is 0.253 e. The minimum absolute atomic E-state index is 0.0234. The first-order valence-electron chi connectivity index (χ1n) is 12.4. The molecule has 6 nitrogen and oxygen atoms in total. The van der Waals surface area contributed by atoms with E-state index < -0.39 is 0 Å². The Kier molecular flexibility index (Phi) is 8.01. The van der Waals surface area contributed by atoms with E-state index in [1.807, 2.05) is 30.9 Å². The summed E-state index contributed by atoms with van der Waals surface area (Å²) in [5.74, 6) is -0.106. The van der Waals surface area contributed by atoms with E-state index in [1.54, 1.807) is 0 Å². The van der Waals surface area contributed by atoms with Gasteiger partial charge in [0.2, 0.25) is 5.91 Å². The van der Waals surface area contributed by atoms with Crippen molar-refractivity contribution in [2.75, 3.05) is 45.9 Å². The third-order valence-corrected chi connectivity index (χ3v) is 6.93. The molecule has 2 saturated heterocycles. The molecule has 2 fully saturated rings. The van der Waals surface area contributed by atoms with E-state index in [0.717, 1.165) is 37.1 Å². The van der Waals surface area contributed by atoms with Crippen molar-refractivity contribution in [2.24, 2.45) is 5.92 Å². The Morgan fingerprint density at radius 3 is 2.44 bits per heavy atom. The highest BCUT2D eigenvalue weighted by atomic mass is 16.5. The summed E-state index contributed by atoms with van der Waals surface area (Å²) in [4.78, 5) is 30.6. The fraction of sp³-hybridized carbons (Fsp3) is 0.500. The average molecular weight is 464 g/mol. The second-order valence-corrected chi connectivity index (χ2v) is 9.79. The summed E-state index contributed by atoms with van der Waals surface area (Å²) in [5.41, 5.74) is 5.32. The van der Waals surface area contributed by atoms with Crippen molar-refractivity contribution in [3.8, 4) is 0 Å². The van der Waals surface area contributed by atoms with Crippen LogP contribution in [0.1, 0.15) is 51.5 Å². The molecule has 0 spiro atoms. The first-order valence-corrected chi connectivity index (χ1v) is 12.4. The molecule has 6 heteroatoms. The van der Waals surface area contributed by atoms with Crippen molar-refractivity contribution < 1.29 is 14.3 Å². The molecule has 2 aliphatic heterocycles. The molecule has 2 atom stereocenters. The Morgan fingerprint density at radius 1 is 1.00 bits per heavy atom. The lowest BCUT2D eigenvalue weighted by Gasteiger charge is -2.36. The number of likely N-dealkylation sites (tertiary alicyclic amines) is 1. The Balaban J connectivity index is 1.40. The minimum Gasteiger partial charge on any atom is -0.379 e. The van der Waals surface area contributed by atoms with Gasteiger partial charge in [-0.25, -0.2) is 0 Å². The van der Waals surface area contributed by atoms with Gasteiger partial charge in [0, 0.05) is 38.3 Å². The van der Waals surface area contributed by atoms with Crippen LogP contribution in [-0.4, -0.2) is 67.6 Å². The number of rotatable bonds is 6. The van der Waals surface area contributed by atoms with Crippen molar-refractivity contribution in [1.29, 1.82) is 0 Å². The summed E-state index contributed by atoms with van der Waals surface area (Å²) < 4.78 is 5.55. The Labute approximate surface area is 203 Å². The first-order chi connectivity index (χ1) is 16.4. The van der Waals surface area contributed by atoms with Crippen LogP contribution < -0.4 is 5.32 Å². The van der Waals surface area contributed by atoms with Crippen LogP contribution in [0, 0.1) is 26.7 Å². The predicted molar refractivity (Wildman–Crippen MR) is 134 cm³/mol. The zero-order valence-electron chi connectivity index (χ0n) is 20.7. The van der Waals surface area contributed by atoms with Crippen LogP contribution in [0.3, 0.4) is 0 Å². The lowest BCUT2D eigenvalue weighted by molar-refractivity contribution is -0.126. The number of piperidine rings is 1. The number of hydrogen-bond acceptors (Lipinski definition) is 4. The Bertz CT molecular complexity index is 995. The second kappa shape index (κ2) is 11.2. The van der Waals surface area contributed by atoms with Gasteiger partial charge in [0.15, 0.2) is 0 Å². The maximum atomic E-state index is 13.2. The minimum atomic E-state index is -0.175. The van der Waals surface area contributed by atoms with Gasteiger partial charge in [0.25, 0.3) is 5.91 Å². The van der Waals surface area contributed by atoms with Gasteiger partial charge in [0.05, 0.1) is 25.2 Å². The molecule has 4 rings (SSSR count). The third kappa shape index (κ3) is 6.05. The van der Waals surface area contributed by atoms with Gasteiger partial charge in [-0.2, -0.15) is 0 Å². The number of amides is 2. The van der Waals surface area contributed by atoms with Crippen molar-refractivity contribution in [1.82, 2.24) is 15.1 Å². The number of hydrogen-bond donors (Lipinski definition) is 1. The topological polar surface area (TPSA) is 61.9 Å². The molecule has 0 bridgehead atoms. The van der Waals surface area contributed by atoms with Crippen molar-refractivity contribution >= 4 is 11.8 Å². The normalized spacial score (nSPS) is 20.1. The molecule has 2 aliphatic rings. The SMILES string of the molecule is Cc1cc(C)cc(C(=O)N2CCCC(C(=O)NCC(c3cccc(C)c3)N3CCOCC3)C2)c1. The largest absolute Gasteiger partial charge is 0.379 e. The average Bonchev–Trinajstić information content (AvgIpc) is 2.84. The molecule has 1 N–H and O–H groups in total. The summed E-state index contributed by atoms with van der Waals surface area (Å²) >= 11 is 0. The van der Waals surface area contributed by atoms with E-state index in [1.165, 1.54) is 11.1 Å². The van der Waals surface area contributed by atoms with E-state index in [2.05, 4.69) is 47.5 Å². The molecule has 2 aromatic rings. The van der Waals surface area contributed by atoms with E-state index in [0.29, 0.717) is 38.4 Å². The summed E-state index contributed by atoms with van der Waals surface area (Å²) in [6.45, 7) is 11.0. The molecular formula is C28H37N3O3. The van der Waals surface area contributed by atoms with Gasteiger partial charge in [0.1, 0.15) is 0 Å². The summed E-state index contributed by atoms with van der Waals surface area (Å²) in [6.07, 6.45) is 1.66. The van der Waals surface area contributed by atoms with Crippen molar-refractivity contribution in [3.63, 3.8) is 0 Å². The number of carbonyl (C=O) groups is 2. The summed E-state index contributed by atoms with van der Waals surface area (Å²) in [6, 6.07) is 14.6. The second-order valence-electron chi connectivity index (χ2n) is 9.79.